The number of esters is 1. The molecule has 0 amide bonds. The third-order valence-corrected chi connectivity index (χ3v) is 7.31. The highest BCUT2D eigenvalue weighted by Crippen LogP contribution is 2.37. The molecule has 2 heterocycles. The molecular weight excluding hydrogens is 567 g/mol. The van der Waals surface area contributed by atoms with E-state index in [-0.39, 0.29) is 10.7 Å². The van der Waals surface area contributed by atoms with Crippen LogP contribution in [0.5, 0.6) is 0 Å². The normalized spacial score (nSPS) is 10.8. The zero-order chi connectivity index (χ0) is 29.1. The number of fused-ring (bicyclic) bond motifs is 7. The van der Waals surface area contributed by atoms with E-state index in [1.807, 2.05) is 71.2 Å². The molecule has 0 saturated carbocycles. The molecule has 6 aromatic rings. The van der Waals surface area contributed by atoms with Gasteiger partial charge in [0.1, 0.15) is 11.1 Å². The van der Waals surface area contributed by atoms with Gasteiger partial charge in [-0.1, -0.05) is 85.6 Å². The molecule has 0 unspecified atom stereocenters. The number of aromatic nitrogens is 2. The van der Waals surface area contributed by atoms with Gasteiger partial charge in [0.2, 0.25) is 5.52 Å². The van der Waals surface area contributed by atoms with E-state index in [9.17, 15) is 17.7 Å². The van der Waals surface area contributed by atoms with E-state index in [0.29, 0.717) is 22.7 Å². The number of hydrogen-bond donors (Lipinski definition) is 0. The summed E-state index contributed by atoms with van der Waals surface area (Å²) in [7, 11) is -3.67. The van der Waals surface area contributed by atoms with Crippen LogP contribution in [-0.4, -0.2) is 25.2 Å². The summed E-state index contributed by atoms with van der Waals surface area (Å²) >= 11 is 6.77. The minimum atomic E-state index is -3.67. The van der Waals surface area contributed by atoms with Gasteiger partial charge >= 0.3 is 13.5 Å². The average molecular weight is 593 g/mol. The fourth-order valence-corrected chi connectivity index (χ4v) is 5.48. The monoisotopic (exact) mass is 592 g/mol. The minimum absolute atomic E-state index is 0. The van der Waals surface area contributed by atoms with Gasteiger partial charge in [-0.05, 0) is 47.2 Å². The fourth-order valence-electron chi connectivity index (χ4n) is 5.20. The zero-order valence-corrected chi connectivity index (χ0v) is 23.6. The summed E-state index contributed by atoms with van der Waals surface area (Å²) in [5.74, 6) is -0.350. The maximum atomic E-state index is 13.8. The Labute approximate surface area is 245 Å². The number of para-hydroxylation sites is 1. The third-order valence-electron chi connectivity index (χ3n) is 6.99. The standard InChI is InChI=1S/C32H26ClN2O2.BF3.FH/c1-3-4-19-37-32(36)29-24-15-9-14-22(21-12-6-5-11-20(21)2)30(24)34-35-27-18-8-7-13-23(27)28-25(31(29)35)16-10-17-26(28)33;2-1(3)4;/h5-18H,3-4,19H2,1-2H3;;1H/q+1;;/p-1. The molecule has 0 aliphatic rings. The maximum absolute atomic E-state index is 13.8. The lowest BCUT2D eigenvalue weighted by Gasteiger charge is -2.13. The molecule has 4 nitrogen and oxygen atoms in total. The van der Waals surface area contributed by atoms with Crippen molar-refractivity contribution in [1.29, 1.82) is 0 Å². The lowest BCUT2D eigenvalue weighted by atomic mass is 9.95. The molecule has 0 aliphatic heterocycles. The van der Waals surface area contributed by atoms with Crippen molar-refractivity contribution in [3.8, 4) is 11.1 Å². The molecule has 10 heteroatoms. The largest absolute Gasteiger partial charge is 1.00 e. The van der Waals surface area contributed by atoms with Gasteiger partial charge in [0.05, 0.1) is 17.4 Å². The lowest BCUT2D eigenvalue weighted by molar-refractivity contribution is -0.548. The first-order chi connectivity index (χ1) is 19.8. The molecule has 0 aliphatic carbocycles. The number of benzene rings is 4. The van der Waals surface area contributed by atoms with Crippen molar-refractivity contribution >= 4 is 63.2 Å². The fraction of sp³-hybridized carbons (Fsp3) is 0.156. The first-order valence-corrected chi connectivity index (χ1v) is 13.6. The highest BCUT2D eigenvalue weighted by molar-refractivity contribution is 6.38. The van der Waals surface area contributed by atoms with Crippen molar-refractivity contribution in [3.63, 3.8) is 0 Å². The number of unbranched alkanes of at least 4 members (excludes halogenated alkanes) is 1. The van der Waals surface area contributed by atoms with Gasteiger partial charge in [-0.3, -0.25) is 12.9 Å². The van der Waals surface area contributed by atoms with Crippen LogP contribution in [0.4, 0.5) is 12.9 Å². The third kappa shape index (κ3) is 5.74. The number of nitrogens with zero attached hydrogens (tertiary/aromatic N) is 2. The molecule has 0 bridgehead atoms. The van der Waals surface area contributed by atoms with E-state index in [4.69, 9.17) is 21.4 Å². The van der Waals surface area contributed by atoms with E-state index in [0.717, 1.165) is 62.1 Å². The summed E-state index contributed by atoms with van der Waals surface area (Å²) < 4.78 is 36.7. The summed E-state index contributed by atoms with van der Waals surface area (Å²) in [5.41, 5.74) is 6.04. The average Bonchev–Trinajstić information content (AvgIpc) is 2.96. The van der Waals surface area contributed by atoms with Crippen molar-refractivity contribution in [1.82, 2.24) is 5.10 Å². The van der Waals surface area contributed by atoms with Crippen molar-refractivity contribution < 1.29 is 31.7 Å². The van der Waals surface area contributed by atoms with Gasteiger partial charge in [0.15, 0.2) is 0 Å². The number of rotatable bonds is 5. The molecule has 0 radical (unpaired) electrons. The summed E-state index contributed by atoms with van der Waals surface area (Å²) in [4.78, 5) is 13.8. The molecule has 0 spiro atoms. The molecule has 42 heavy (non-hydrogen) atoms. The highest BCUT2D eigenvalue weighted by Gasteiger charge is 2.30. The highest BCUT2D eigenvalue weighted by atomic mass is 35.5. The van der Waals surface area contributed by atoms with Crippen LogP contribution >= 0.6 is 11.6 Å². The Morgan fingerprint density at radius 2 is 1.50 bits per heavy atom. The van der Waals surface area contributed by atoms with Crippen LogP contribution in [0.25, 0.3) is 49.2 Å². The topological polar surface area (TPSA) is 43.3 Å². The van der Waals surface area contributed by atoms with Crippen molar-refractivity contribution in [2.75, 3.05) is 6.61 Å². The number of halogens is 5. The minimum Gasteiger partial charge on any atom is -1.00 e. The van der Waals surface area contributed by atoms with Crippen LogP contribution in [-0.2, 0) is 4.74 Å². The zero-order valence-electron chi connectivity index (χ0n) is 22.9. The number of ether oxygens (including phenoxy) is 1. The molecule has 214 valence electrons. The van der Waals surface area contributed by atoms with Crippen molar-refractivity contribution in [2.45, 2.75) is 26.7 Å². The Morgan fingerprint density at radius 3 is 2.24 bits per heavy atom. The van der Waals surface area contributed by atoms with Gasteiger partial charge < -0.3 is 9.44 Å². The van der Waals surface area contributed by atoms with Crippen molar-refractivity contribution in [3.05, 3.63) is 101 Å². The lowest BCUT2D eigenvalue weighted by Crippen LogP contribution is -3.00. The SMILES string of the molecule is CCCCOC(=O)c1c2cccc(-c3ccccc3C)c2n[n+]2c3ccccc3c3c(Cl)cccc3c12.FB(F)F.[F-]. The molecule has 0 fully saturated rings. The smallest absolute Gasteiger partial charge is 0.762 e. The first-order valence-electron chi connectivity index (χ1n) is 13.3. The Morgan fingerprint density at radius 1 is 0.881 bits per heavy atom. The van der Waals surface area contributed by atoms with E-state index >= 15 is 0 Å². The van der Waals surface area contributed by atoms with Crippen LogP contribution in [0.2, 0.25) is 5.02 Å². The summed E-state index contributed by atoms with van der Waals surface area (Å²) in [6.45, 7) is 4.54. The van der Waals surface area contributed by atoms with Crippen LogP contribution in [0.3, 0.4) is 0 Å². The molecule has 0 saturated heterocycles. The second-order valence-electron chi connectivity index (χ2n) is 9.57. The summed E-state index contributed by atoms with van der Waals surface area (Å²) in [5, 5.41) is 9.35. The number of pyridine rings is 1. The molecule has 4 aromatic carbocycles. The van der Waals surface area contributed by atoms with E-state index in [2.05, 4.69) is 32.0 Å². The second kappa shape index (κ2) is 13.2. The number of carbonyl (C=O) groups is 1. The second-order valence-corrected chi connectivity index (χ2v) is 9.98. The predicted octanol–water partition coefficient (Wildman–Crippen LogP) is 5.75. The van der Waals surface area contributed by atoms with Crippen molar-refractivity contribution in [2.24, 2.45) is 0 Å². The van der Waals surface area contributed by atoms with Crippen LogP contribution in [0.15, 0.2) is 84.9 Å². The van der Waals surface area contributed by atoms with E-state index in [1.54, 1.807) is 0 Å². The molecule has 2 aromatic heterocycles. The van der Waals surface area contributed by atoms with Crippen LogP contribution < -0.4 is 9.22 Å². The molecule has 0 N–H and O–H groups in total. The van der Waals surface area contributed by atoms with Gasteiger partial charge in [0, 0.05) is 32.5 Å². The van der Waals surface area contributed by atoms with Gasteiger partial charge in [-0.15, -0.1) is 0 Å². The number of carbonyl (C=O) groups excluding carboxylic acids is 1. The van der Waals surface area contributed by atoms with Gasteiger partial charge in [-0.2, -0.15) is 0 Å². The maximum Gasteiger partial charge on any atom is 0.762 e. The Balaban J connectivity index is 0.000000763. The number of aryl methyl sites for hydroxylation is 1. The predicted molar refractivity (Wildman–Crippen MR) is 159 cm³/mol. The Bertz CT molecular complexity index is 1920. The Kier molecular flexibility index (Phi) is 9.63. The quantitative estimate of drug-likeness (QED) is 0.0487. The van der Waals surface area contributed by atoms with Crippen LogP contribution in [0, 0.1) is 6.92 Å². The van der Waals surface area contributed by atoms with Gasteiger partial charge in [-0.25, -0.2) is 4.79 Å². The molecular formula is C32H26BClF4N2O2. The van der Waals surface area contributed by atoms with Crippen LogP contribution in [0.1, 0.15) is 35.7 Å². The van der Waals surface area contributed by atoms with E-state index < -0.39 is 7.54 Å². The number of hydrogen-bond acceptors (Lipinski definition) is 3. The Hall–Kier alpha value is -4.24. The van der Waals surface area contributed by atoms with E-state index in [1.165, 1.54) is 0 Å². The van der Waals surface area contributed by atoms with Gasteiger partial charge in [0.25, 0.3) is 5.52 Å². The molecule has 0 atom stereocenters. The molecule has 6 rings (SSSR count). The first kappa shape index (κ1) is 30.7. The summed E-state index contributed by atoms with van der Waals surface area (Å²) in [6.07, 6.45) is 1.75. The summed E-state index contributed by atoms with van der Waals surface area (Å²) in [6, 6.07) is 28.1.